The van der Waals surface area contributed by atoms with Crippen LogP contribution in [-0.4, -0.2) is 66.5 Å². The van der Waals surface area contributed by atoms with Gasteiger partial charge in [0, 0.05) is 10.8 Å². The molecule has 10 nitrogen and oxygen atoms in total. The first-order valence-corrected chi connectivity index (χ1v) is 8.97. The van der Waals surface area contributed by atoms with E-state index in [9.17, 15) is 19.2 Å². The van der Waals surface area contributed by atoms with E-state index in [1.165, 1.54) is 14.2 Å². The molecule has 2 aliphatic rings. The molecule has 0 saturated heterocycles. The highest BCUT2D eigenvalue weighted by Crippen LogP contribution is 2.72. The van der Waals surface area contributed by atoms with Gasteiger partial charge in [0.1, 0.15) is 23.4 Å². The maximum atomic E-state index is 12.9. The van der Waals surface area contributed by atoms with E-state index in [1.807, 2.05) is 0 Å². The summed E-state index contributed by atoms with van der Waals surface area (Å²) in [6.07, 6.45) is 0. The van der Waals surface area contributed by atoms with Gasteiger partial charge in [-0.05, 0) is 0 Å². The van der Waals surface area contributed by atoms with Crippen molar-refractivity contribution in [1.82, 2.24) is 0 Å². The maximum Gasteiger partial charge on any atom is 0.337 e. The maximum absolute atomic E-state index is 12.9. The molecule has 0 aromatic rings. The number of fused-ring (bicyclic) bond motifs is 1. The van der Waals surface area contributed by atoms with Crippen molar-refractivity contribution in [3.63, 3.8) is 0 Å². The molecule has 10 heteroatoms. The number of hydrogen-bond acceptors (Lipinski definition) is 10. The Labute approximate surface area is 174 Å². The van der Waals surface area contributed by atoms with E-state index >= 15 is 0 Å². The zero-order valence-electron chi connectivity index (χ0n) is 18.2. The van der Waals surface area contributed by atoms with Crippen LogP contribution in [0.25, 0.3) is 0 Å². The molecule has 0 spiro atoms. The fourth-order valence-corrected chi connectivity index (χ4v) is 4.92. The fourth-order valence-electron chi connectivity index (χ4n) is 4.92. The van der Waals surface area contributed by atoms with Crippen LogP contribution in [0, 0.1) is 22.7 Å². The number of hydrogen-bond donors (Lipinski definition) is 0. The minimum Gasteiger partial charge on any atom is -0.500 e. The number of rotatable bonds is 6. The second-order valence-corrected chi connectivity index (χ2v) is 7.19. The smallest absolute Gasteiger partial charge is 0.337 e. The molecule has 0 amide bonds. The number of esters is 4. The third-order valence-electron chi connectivity index (χ3n) is 6.38. The first-order chi connectivity index (χ1) is 14.1. The van der Waals surface area contributed by atoms with Gasteiger partial charge in [-0.2, -0.15) is 0 Å². The van der Waals surface area contributed by atoms with Gasteiger partial charge in [-0.25, -0.2) is 9.59 Å². The van der Waals surface area contributed by atoms with Crippen LogP contribution >= 0.6 is 0 Å². The monoisotopic (exact) mass is 426 g/mol. The van der Waals surface area contributed by atoms with Crippen molar-refractivity contribution in [2.24, 2.45) is 22.7 Å². The Morgan fingerprint density at radius 2 is 0.900 bits per heavy atom. The molecule has 0 N–H and O–H groups in total. The zero-order valence-corrected chi connectivity index (χ0v) is 18.2. The summed E-state index contributed by atoms with van der Waals surface area (Å²) in [6.45, 7) is 3.11. The van der Waals surface area contributed by atoms with E-state index in [0.717, 1.165) is 28.4 Å². The van der Waals surface area contributed by atoms with Crippen LogP contribution in [0.2, 0.25) is 0 Å². The average molecular weight is 426 g/mol. The molecule has 0 fully saturated rings. The Morgan fingerprint density at radius 3 is 1.10 bits per heavy atom. The van der Waals surface area contributed by atoms with Crippen molar-refractivity contribution in [3.05, 3.63) is 22.7 Å². The summed E-state index contributed by atoms with van der Waals surface area (Å²) in [4.78, 5) is 51.6. The van der Waals surface area contributed by atoms with Crippen LogP contribution in [0.3, 0.4) is 0 Å². The molecule has 0 unspecified atom stereocenters. The van der Waals surface area contributed by atoms with E-state index in [4.69, 9.17) is 28.4 Å². The normalized spacial score (nSPS) is 29.9. The quantitative estimate of drug-likeness (QED) is 0.444. The van der Waals surface area contributed by atoms with Gasteiger partial charge in [-0.15, -0.1) is 0 Å². The lowest BCUT2D eigenvalue weighted by molar-refractivity contribution is -0.157. The van der Waals surface area contributed by atoms with Crippen molar-refractivity contribution in [2.75, 3.05) is 42.7 Å². The molecule has 166 valence electrons. The summed E-state index contributed by atoms with van der Waals surface area (Å²) >= 11 is 0. The number of ether oxygens (including phenoxy) is 6. The molecular weight excluding hydrogens is 400 g/mol. The largest absolute Gasteiger partial charge is 0.500 e. The van der Waals surface area contributed by atoms with Crippen molar-refractivity contribution in [3.8, 4) is 0 Å². The summed E-state index contributed by atoms with van der Waals surface area (Å²) in [7, 11) is 7.18. The Kier molecular flexibility index (Phi) is 6.20. The predicted octanol–water partition coefficient (Wildman–Crippen LogP) is 0.752. The summed E-state index contributed by atoms with van der Waals surface area (Å²) in [5.41, 5.74) is -3.22. The lowest BCUT2D eigenvalue weighted by atomic mass is 9.58. The molecule has 2 aliphatic carbocycles. The highest BCUT2D eigenvalue weighted by Gasteiger charge is 2.76. The highest BCUT2D eigenvalue weighted by molar-refractivity contribution is 6.03. The van der Waals surface area contributed by atoms with E-state index in [2.05, 4.69) is 0 Å². The van der Waals surface area contributed by atoms with Gasteiger partial charge in [0.2, 0.25) is 0 Å². The molecule has 0 aromatic carbocycles. The summed E-state index contributed by atoms with van der Waals surface area (Å²) in [5.74, 6) is -5.87. The predicted molar refractivity (Wildman–Crippen MR) is 99.3 cm³/mol. The van der Waals surface area contributed by atoms with Gasteiger partial charge in [0.25, 0.3) is 0 Å². The van der Waals surface area contributed by atoms with Gasteiger partial charge >= 0.3 is 23.9 Å². The van der Waals surface area contributed by atoms with Gasteiger partial charge in [-0.1, -0.05) is 13.8 Å². The van der Waals surface area contributed by atoms with Crippen LogP contribution in [0.1, 0.15) is 13.8 Å². The van der Waals surface area contributed by atoms with Crippen molar-refractivity contribution in [1.29, 1.82) is 0 Å². The topological polar surface area (TPSA) is 124 Å². The fraction of sp³-hybridized carbons (Fsp3) is 0.600. The third kappa shape index (κ3) is 2.62. The lowest BCUT2D eigenvalue weighted by Crippen LogP contribution is -2.48. The van der Waals surface area contributed by atoms with Crippen LogP contribution in [-0.2, 0) is 47.6 Å². The van der Waals surface area contributed by atoms with E-state index in [0.29, 0.717) is 0 Å². The van der Waals surface area contributed by atoms with Gasteiger partial charge in [0.15, 0.2) is 0 Å². The van der Waals surface area contributed by atoms with E-state index in [1.54, 1.807) is 13.8 Å². The molecular formula is C20H26O10. The van der Waals surface area contributed by atoms with Gasteiger partial charge < -0.3 is 28.4 Å². The minimum absolute atomic E-state index is 0.0656. The molecule has 0 heterocycles. The molecule has 0 aliphatic heterocycles. The van der Waals surface area contributed by atoms with Gasteiger partial charge in [0.05, 0.1) is 53.8 Å². The Morgan fingerprint density at radius 1 is 0.600 bits per heavy atom. The lowest BCUT2D eigenvalue weighted by Gasteiger charge is -2.41. The Hall–Kier alpha value is -3.04. The molecule has 2 rings (SSSR count). The minimum atomic E-state index is -1.52. The SMILES string of the molecule is COC(=O)C1=C(OC)[C@H](C(=O)OC)[C@@]2(C)C(C(=O)OC)=C(OC)[C@H](C(=O)OC)[C@@]12C. The first kappa shape index (κ1) is 23.2. The Bertz CT molecular complexity index is 784. The van der Waals surface area contributed by atoms with Crippen LogP contribution in [0.15, 0.2) is 22.7 Å². The number of methoxy groups -OCH3 is 6. The molecule has 0 aromatic heterocycles. The standard InChI is InChI=1S/C20H26O10/c1-19-9(15(21)27-5)13(25-3)11(17(23)29-7)20(19,2)12(18(24)30-8)14(26-4)10(19)16(22)28-6/h9,12H,1-8H3/t9-,12-,19+,20-/m1/s1. The average Bonchev–Trinajstić information content (AvgIpc) is 3.07. The third-order valence-corrected chi connectivity index (χ3v) is 6.38. The van der Waals surface area contributed by atoms with Crippen molar-refractivity contribution < 1.29 is 47.6 Å². The summed E-state index contributed by atoms with van der Waals surface area (Å²) < 4.78 is 30.7. The molecule has 4 atom stereocenters. The number of carbonyl (C=O) groups is 4. The van der Waals surface area contributed by atoms with Crippen LogP contribution in [0.4, 0.5) is 0 Å². The second-order valence-electron chi connectivity index (χ2n) is 7.19. The summed E-state index contributed by atoms with van der Waals surface area (Å²) in [6, 6.07) is 0. The van der Waals surface area contributed by atoms with Crippen LogP contribution in [0.5, 0.6) is 0 Å². The molecule has 0 radical (unpaired) electrons. The van der Waals surface area contributed by atoms with Crippen LogP contribution < -0.4 is 0 Å². The number of carbonyl (C=O) groups excluding carboxylic acids is 4. The Balaban J connectivity index is 3.07. The van der Waals surface area contributed by atoms with Gasteiger partial charge in [-0.3, -0.25) is 9.59 Å². The molecule has 0 bridgehead atoms. The molecule has 30 heavy (non-hydrogen) atoms. The van der Waals surface area contributed by atoms with E-state index in [-0.39, 0.29) is 22.7 Å². The first-order valence-electron chi connectivity index (χ1n) is 8.97. The highest BCUT2D eigenvalue weighted by atomic mass is 16.5. The van der Waals surface area contributed by atoms with Crippen molar-refractivity contribution >= 4 is 23.9 Å². The molecule has 0 saturated carbocycles. The zero-order chi connectivity index (χ0) is 23.0. The van der Waals surface area contributed by atoms with Crippen molar-refractivity contribution in [2.45, 2.75) is 13.8 Å². The van der Waals surface area contributed by atoms with E-state index < -0.39 is 46.5 Å². The summed E-state index contributed by atoms with van der Waals surface area (Å²) in [5, 5.41) is 0. The second kappa shape index (κ2) is 8.00.